The van der Waals surface area contributed by atoms with Crippen LogP contribution in [0.5, 0.6) is 0 Å². The number of anilines is 1. The monoisotopic (exact) mass is 310 g/mol. The van der Waals surface area contributed by atoms with Gasteiger partial charge in [0.25, 0.3) is 0 Å². The van der Waals surface area contributed by atoms with Crippen molar-refractivity contribution < 1.29 is 14.7 Å². The molecule has 0 saturated carbocycles. The van der Waals surface area contributed by atoms with Crippen LogP contribution >= 0.6 is 11.8 Å². The Morgan fingerprint density at radius 2 is 1.90 bits per heavy atom. The number of benzene rings is 1. The minimum atomic E-state index is -0.124. The molecular formula is C15H22N2O3S. The number of rotatable bonds is 7. The van der Waals surface area contributed by atoms with Gasteiger partial charge in [-0.25, -0.2) is 0 Å². The number of carbonyl (C=O) groups excluding carboxylic acids is 2. The van der Waals surface area contributed by atoms with E-state index in [1.54, 1.807) is 12.1 Å². The second kappa shape index (κ2) is 8.69. The minimum Gasteiger partial charge on any atom is -0.395 e. The first-order valence-electron chi connectivity index (χ1n) is 6.75. The molecule has 0 aliphatic heterocycles. The molecule has 0 aliphatic rings. The van der Waals surface area contributed by atoms with Gasteiger partial charge in [-0.15, -0.1) is 0 Å². The van der Waals surface area contributed by atoms with E-state index in [1.807, 2.05) is 25.3 Å². The first-order valence-corrected chi connectivity index (χ1v) is 8.04. The van der Waals surface area contributed by atoms with Gasteiger partial charge in [-0.1, -0.05) is 12.1 Å². The SMILES string of the molecule is CSC(CO)C(C)NC(=O)Cc1ccc(NC(C)=O)cc1. The number of aliphatic hydroxyl groups excluding tert-OH is 1. The molecule has 0 fully saturated rings. The van der Waals surface area contributed by atoms with Gasteiger partial charge >= 0.3 is 0 Å². The summed E-state index contributed by atoms with van der Waals surface area (Å²) >= 11 is 1.53. The second-order valence-electron chi connectivity index (χ2n) is 4.87. The standard InChI is InChI=1S/C15H22N2O3S/c1-10(14(9-18)21-3)16-15(20)8-12-4-6-13(7-5-12)17-11(2)19/h4-7,10,14,18H,8-9H2,1-3H3,(H,16,20)(H,17,19). The number of nitrogens with one attached hydrogen (secondary N) is 2. The van der Waals surface area contributed by atoms with Crippen LogP contribution in [0.3, 0.4) is 0 Å². The van der Waals surface area contributed by atoms with E-state index in [9.17, 15) is 14.7 Å². The largest absolute Gasteiger partial charge is 0.395 e. The van der Waals surface area contributed by atoms with Gasteiger partial charge < -0.3 is 15.7 Å². The molecule has 0 spiro atoms. The quantitative estimate of drug-likeness (QED) is 0.711. The number of amides is 2. The van der Waals surface area contributed by atoms with Gasteiger partial charge in [-0.05, 0) is 30.9 Å². The van der Waals surface area contributed by atoms with Crippen LogP contribution in [0.2, 0.25) is 0 Å². The van der Waals surface area contributed by atoms with Gasteiger partial charge in [0.05, 0.1) is 13.0 Å². The Balaban J connectivity index is 2.53. The molecular weight excluding hydrogens is 288 g/mol. The summed E-state index contributed by atoms with van der Waals surface area (Å²) in [4.78, 5) is 22.9. The van der Waals surface area contributed by atoms with E-state index in [2.05, 4.69) is 10.6 Å². The fourth-order valence-electron chi connectivity index (χ4n) is 1.93. The molecule has 2 unspecified atom stereocenters. The van der Waals surface area contributed by atoms with Crippen molar-refractivity contribution in [1.82, 2.24) is 5.32 Å². The Bertz CT molecular complexity index is 472. The summed E-state index contributed by atoms with van der Waals surface area (Å²) in [5.74, 6) is -0.205. The summed E-state index contributed by atoms with van der Waals surface area (Å²) < 4.78 is 0. The van der Waals surface area contributed by atoms with Crippen LogP contribution in [0.1, 0.15) is 19.4 Å². The van der Waals surface area contributed by atoms with Gasteiger partial charge in [0, 0.05) is 23.9 Å². The Hall–Kier alpha value is -1.53. The fourth-order valence-corrected chi connectivity index (χ4v) is 2.55. The molecule has 5 nitrogen and oxygen atoms in total. The highest BCUT2D eigenvalue weighted by Crippen LogP contribution is 2.12. The zero-order valence-corrected chi connectivity index (χ0v) is 13.4. The number of carbonyl (C=O) groups is 2. The molecule has 1 aromatic carbocycles. The zero-order chi connectivity index (χ0) is 15.8. The van der Waals surface area contributed by atoms with Gasteiger partial charge in [0.15, 0.2) is 0 Å². The van der Waals surface area contributed by atoms with Gasteiger partial charge in [-0.2, -0.15) is 11.8 Å². The first-order chi connectivity index (χ1) is 9.96. The summed E-state index contributed by atoms with van der Waals surface area (Å²) in [5.41, 5.74) is 1.58. The molecule has 3 N–H and O–H groups in total. The fraction of sp³-hybridized carbons (Fsp3) is 0.467. The van der Waals surface area contributed by atoms with Gasteiger partial charge in [0.1, 0.15) is 0 Å². The lowest BCUT2D eigenvalue weighted by Gasteiger charge is -2.21. The van der Waals surface area contributed by atoms with Crippen LogP contribution in [0.25, 0.3) is 0 Å². The van der Waals surface area contributed by atoms with Crippen LogP contribution in [0.4, 0.5) is 5.69 Å². The summed E-state index contributed by atoms with van der Waals surface area (Å²) in [6.07, 6.45) is 2.18. The van der Waals surface area contributed by atoms with Crippen LogP contribution in [0, 0.1) is 0 Å². The molecule has 116 valence electrons. The van der Waals surface area contributed by atoms with E-state index < -0.39 is 0 Å². The molecule has 0 bridgehead atoms. The van der Waals surface area contributed by atoms with Crippen molar-refractivity contribution in [3.8, 4) is 0 Å². The Morgan fingerprint density at radius 1 is 1.29 bits per heavy atom. The third-order valence-electron chi connectivity index (χ3n) is 3.07. The lowest BCUT2D eigenvalue weighted by molar-refractivity contribution is -0.121. The summed E-state index contributed by atoms with van der Waals surface area (Å²) in [7, 11) is 0. The molecule has 0 aromatic heterocycles. The van der Waals surface area contributed by atoms with E-state index >= 15 is 0 Å². The number of aliphatic hydroxyl groups is 1. The molecule has 21 heavy (non-hydrogen) atoms. The molecule has 2 atom stereocenters. The van der Waals surface area contributed by atoms with E-state index in [0.29, 0.717) is 5.69 Å². The highest BCUT2D eigenvalue weighted by molar-refractivity contribution is 7.99. The van der Waals surface area contributed by atoms with Gasteiger partial charge in [0.2, 0.25) is 11.8 Å². The molecule has 0 heterocycles. The maximum Gasteiger partial charge on any atom is 0.224 e. The summed E-state index contributed by atoms with van der Waals surface area (Å²) in [6, 6.07) is 7.08. The zero-order valence-electron chi connectivity index (χ0n) is 12.6. The van der Waals surface area contributed by atoms with E-state index in [-0.39, 0.29) is 36.1 Å². The van der Waals surface area contributed by atoms with E-state index in [0.717, 1.165) is 5.56 Å². The smallest absolute Gasteiger partial charge is 0.224 e. The lowest BCUT2D eigenvalue weighted by atomic mass is 10.1. The van der Waals surface area contributed by atoms with Crippen molar-refractivity contribution in [2.45, 2.75) is 31.6 Å². The first kappa shape index (κ1) is 17.5. The summed E-state index contributed by atoms with van der Waals surface area (Å²) in [6.45, 7) is 3.37. The molecule has 1 aromatic rings. The Labute approximate surface area is 129 Å². The van der Waals surface area contributed by atoms with Crippen molar-refractivity contribution in [1.29, 1.82) is 0 Å². The summed E-state index contributed by atoms with van der Waals surface area (Å²) in [5, 5.41) is 14.8. The van der Waals surface area contributed by atoms with Crippen LogP contribution in [0.15, 0.2) is 24.3 Å². The van der Waals surface area contributed by atoms with Crippen LogP contribution in [-0.2, 0) is 16.0 Å². The molecule has 1 rings (SSSR count). The third kappa shape index (κ3) is 6.18. The number of hydrogen-bond acceptors (Lipinski definition) is 4. The maximum absolute atomic E-state index is 12.0. The average molecular weight is 310 g/mol. The maximum atomic E-state index is 12.0. The predicted octanol–water partition coefficient (Wildman–Crippen LogP) is 1.42. The minimum absolute atomic E-state index is 0.00362. The van der Waals surface area contributed by atoms with E-state index in [1.165, 1.54) is 18.7 Å². The van der Waals surface area contributed by atoms with Crippen molar-refractivity contribution in [2.24, 2.45) is 0 Å². The number of hydrogen-bond donors (Lipinski definition) is 3. The van der Waals surface area contributed by atoms with Crippen LogP contribution in [-0.4, -0.2) is 41.1 Å². The van der Waals surface area contributed by atoms with Crippen LogP contribution < -0.4 is 10.6 Å². The van der Waals surface area contributed by atoms with Crippen molar-refractivity contribution in [3.05, 3.63) is 29.8 Å². The van der Waals surface area contributed by atoms with Crippen molar-refractivity contribution >= 4 is 29.3 Å². The Morgan fingerprint density at radius 3 is 2.38 bits per heavy atom. The number of thioether (sulfide) groups is 1. The predicted molar refractivity (Wildman–Crippen MR) is 86.4 cm³/mol. The van der Waals surface area contributed by atoms with Crippen molar-refractivity contribution in [2.75, 3.05) is 18.2 Å². The highest BCUT2D eigenvalue weighted by atomic mass is 32.2. The molecule has 6 heteroatoms. The van der Waals surface area contributed by atoms with E-state index in [4.69, 9.17) is 0 Å². The lowest BCUT2D eigenvalue weighted by Crippen LogP contribution is -2.41. The average Bonchev–Trinajstić information content (AvgIpc) is 2.41. The second-order valence-corrected chi connectivity index (χ2v) is 5.94. The van der Waals surface area contributed by atoms with Crippen molar-refractivity contribution in [3.63, 3.8) is 0 Å². The highest BCUT2D eigenvalue weighted by Gasteiger charge is 2.17. The Kier molecular flexibility index (Phi) is 7.25. The third-order valence-corrected chi connectivity index (χ3v) is 4.23. The molecule has 0 saturated heterocycles. The normalized spacial score (nSPS) is 13.3. The van der Waals surface area contributed by atoms with Gasteiger partial charge in [-0.3, -0.25) is 9.59 Å². The molecule has 0 aliphatic carbocycles. The molecule has 0 radical (unpaired) electrons. The topological polar surface area (TPSA) is 78.4 Å². The molecule has 2 amide bonds.